The first-order chi connectivity index (χ1) is 8.24. The highest BCUT2D eigenvalue weighted by molar-refractivity contribution is 4.93. The van der Waals surface area contributed by atoms with Gasteiger partial charge < -0.3 is 10.2 Å². The van der Waals surface area contributed by atoms with Crippen molar-refractivity contribution in [1.82, 2.24) is 10.2 Å². The van der Waals surface area contributed by atoms with Crippen LogP contribution in [0, 0.1) is 17.3 Å². The van der Waals surface area contributed by atoms with Crippen molar-refractivity contribution >= 4 is 0 Å². The molecule has 2 nitrogen and oxygen atoms in total. The van der Waals surface area contributed by atoms with Gasteiger partial charge in [0.05, 0.1) is 0 Å². The van der Waals surface area contributed by atoms with E-state index in [1.165, 1.54) is 19.4 Å². The summed E-state index contributed by atoms with van der Waals surface area (Å²) in [4.78, 5) is 2.60. The number of hydrogen-bond acceptors (Lipinski definition) is 2. The van der Waals surface area contributed by atoms with E-state index >= 15 is 0 Å². The molecule has 0 aromatic rings. The van der Waals surface area contributed by atoms with E-state index < -0.39 is 0 Å². The third-order valence-electron chi connectivity index (χ3n) is 4.12. The Kier molecular flexibility index (Phi) is 5.67. The monoisotopic (exact) mass is 254 g/mol. The van der Waals surface area contributed by atoms with Crippen LogP contribution in [-0.4, -0.2) is 37.1 Å². The quantitative estimate of drug-likeness (QED) is 0.827. The first-order valence-corrected chi connectivity index (χ1v) is 7.68. The Morgan fingerprint density at radius 2 is 1.78 bits per heavy atom. The molecule has 108 valence electrons. The topological polar surface area (TPSA) is 15.3 Å². The Balaban J connectivity index is 2.73. The molecule has 1 saturated carbocycles. The fourth-order valence-corrected chi connectivity index (χ4v) is 3.90. The van der Waals surface area contributed by atoms with Gasteiger partial charge in [0.2, 0.25) is 0 Å². The van der Waals surface area contributed by atoms with Gasteiger partial charge in [-0.15, -0.1) is 0 Å². The van der Waals surface area contributed by atoms with Crippen LogP contribution >= 0.6 is 0 Å². The standard InChI is InChI=1S/C16H34N2/c1-8-17-14-10-12(2)9-13(3)15(14)18(7)11-16(4,5)6/h12-15,17H,8-11H2,1-7H3. The lowest BCUT2D eigenvalue weighted by Crippen LogP contribution is -2.56. The molecule has 0 aromatic heterocycles. The predicted molar refractivity (Wildman–Crippen MR) is 80.9 cm³/mol. The normalized spacial score (nSPS) is 34.0. The van der Waals surface area contributed by atoms with E-state index in [1.54, 1.807) is 0 Å². The SMILES string of the molecule is CCNC1CC(C)CC(C)C1N(C)CC(C)(C)C. The second-order valence-electron chi connectivity index (χ2n) is 7.68. The van der Waals surface area contributed by atoms with Gasteiger partial charge in [-0.05, 0) is 43.7 Å². The zero-order chi connectivity index (χ0) is 13.9. The van der Waals surface area contributed by atoms with Crippen LogP contribution in [0.2, 0.25) is 0 Å². The molecule has 0 saturated heterocycles. The van der Waals surface area contributed by atoms with Gasteiger partial charge in [-0.25, -0.2) is 0 Å². The van der Waals surface area contributed by atoms with Crippen LogP contribution in [0.25, 0.3) is 0 Å². The van der Waals surface area contributed by atoms with E-state index in [0.717, 1.165) is 18.4 Å². The summed E-state index contributed by atoms with van der Waals surface area (Å²) in [7, 11) is 2.31. The van der Waals surface area contributed by atoms with Crippen LogP contribution in [0.5, 0.6) is 0 Å². The van der Waals surface area contributed by atoms with Crippen LogP contribution < -0.4 is 5.32 Å². The summed E-state index contributed by atoms with van der Waals surface area (Å²) >= 11 is 0. The Bertz CT molecular complexity index is 244. The summed E-state index contributed by atoms with van der Waals surface area (Å²) in [5, 5.41) is 3.72. The number of hydrogen-bond donors (Lipinski definition) is 1. The van der Waals surface area contributed by atoms with Crippen LogP contribution in [0.3, 0.4) is 0 Å². The molecule has 1 aliphatic carbocycles. The molecule has 4 unspecified atom stereocenters. The molecule has 2 heteroatoms. The number of nitrogens with one attached hydrogen (secondary N) is 1. The first kappa shape index (κ1) is 16.0. The second kappa shape index (κ2) is 6.38. The van der Waals surface area contributed by atoms with Crippen molar-refractivity contribution in [2.45, 2.75) is 66.5 Å². The summed E-state index contributed by atoms with van der Waals surface area (Å²) in [6.45, 7) is 16.3. The maximum absolute atomic E-state index is 3.72. The van der Waals surface area contributed by atoms with Gasteiger partial charge in [0.15, 0.2) is 0 Å². The third-order valence-corrected chi connectivity index (χ3v) is 4.12. The fraction of sp³-hybridized carbons (Fsp3) is 1.00. The average Bonchev–Trinajstić information content (AvgIpc) is 2.13. The molecule has 0 aliphatic heterocycles. The molecule has 0 heterocycles. The first-order valence-electron chi connectivity index (χ1n) is 7.68. The largest absolute Gasteiger partial charge is 0.313 e. The van der Waals surface area contributed by atoms with Crippen molar-refractivity contribution in [2.24, 2.45) is 17.3 Å². The van der Waals surface area contributed by atoms with Crippen LogP contribution in [0.15, 0.2) is 0 Å². The lowest BCUT2D eigenvalue weighted by molar-refractivity contribution is 0.0589. The highest BCUT2D eigenvalue weighted by atomic mass is 15.2. The number of nitrogens with zero attached hydrogens (tertiary/aromatic N) is 1. The molecule has 0 radical (unpaired) electrons. The summed E-state index contributed by atoms with van der Waals surface area (Å²) in [5.74, 6) is 1.66. The van der Waals surface area contributed by atoms with Gasteiger partial charge in [0, 0.05) is 18.6 Å². The Labute approximate surface area is 115 Å². The molecular weight excluding hydrogens is 220 g/mol. The lowest BCUT2D eigenvalue weighted by Gasteiger charge is -2.46. The third kappa shape index (κ3) is 4.55. The maximum Gasteiger partial charge on any atom is 0.0272 e. The van der Waals surface area contributed by atoms with Crippen molar-refractivity contribution in [1.29, 1.82) is 0 Å². The smallest absolute Gasteiger partial charge is 0.0272 e. The predicted octanol–water partition coefficient (Wildman–Crippen LogP) is 3.38. The zero-order valence-electron chi connectivity index (χ0n) is 13.6. The summed E-state index contributed by atoms with van der Waals surface area (Å²) < 4.78 is 0. The van der Waals surface area contributed by atoms with Crippen molar-refractivity contribution in [3.8, 4) is 0 Å². The van der Waals surface area contributed by atoms with Gasteiger partial charge in [0.25, 0.3) is 0 Å². The van der Waals surface area contributed by atoms with Crippen LogP contribution in [0.4, 0.5) is 0 Å². The minimum atomic E-state index is 0.383. The molecule has 0 bridgehead atoms. The Morgan fingerprint density at radius 3 is 2.28 bits per heavy atom. The molecule has 18 heavy (non-hydrogen) atoms. The Hall–Kier alpha value is -0.0800. The van der Waals surface area contributed by atoms with Crippen molar-refractivity contribution in [3.63, 3.8) is 0 Å². The maximum atomic E-state index is 3.72. The zero-order valence-corrected chi connectivity index (χ0v) is 13.6. The molecule has 1 fully saturated rings. The molecule has 1 N–H and O–H groups in total. The van der Waals surface area contributed by atoms with E-state index in [2.05, 4.69) is 58.8 Å². The van der Waals surface area contributed by atoms with Crippen LogP contribution in [-0.2, 0) is 0 Å². The lowest BCUT2D eigenvalue weighted by atomic mass is 9.75. The molecule has 0 aromatic carbocycles. The minimum Gasteiger partial charge on any atom is -0.313 e. The van der Waals surface area contributed by atoms with Crippen molar-refractivity contribution < 1.29 is 0 Å². The summed E-state index contributed by atoms with van der Waals surface area (Å²) in [6, 6.07) is 1.36. The molecule has 4 atom stereocenters. The van der Waals surface area contributed by atoms with E-state index in [4.69, 9.17) is 0 Å². The number of likely N-dealkylation sites (N-methyl/N-ethyl adjacent to an activating group) is 2. The highest BCUT2D eigenvalue weighted by Crippen LogP contribution is 2.33. The fourth-order valence-electron chi connectivity index (χ4n) is 3.90. The summed E-state index contributed by atoms with van der Waals surface area (Å²) in [5.41, 5.74) is 0.383. The van der Waals surface area contributed by atoms with Gasteiger partial charge in [-0.2, -0.15) is 0 Å². The van der Waals surface area contributed by atoms with Crippen molar-refractivity contribution in [2.75, 3.05) is 20.1 Å². The molecule has 1 rings (SSSR count). The summed E-state index contributed by atoms with van der Waals surface area (Å²) in [6.07, 6.45) is 2.71. The van der Waals surface area contributed by atoms with Gasteiger partial charge in [-0.1, -0.05) is 41.5 Å². The van der Waals surface area contributed by atoms with E-state index in [1.807, 2.05) is 0 Å². The average molecular weight is 254 g/mol. The highest BCUT2D eigenvalue weighted by Gasteiger charge is 2.36. The van der Waals surface area contributed by atoms with E-state index in [9.17, 15) is 0 Å². The van der Waals surface area contributed by atoms with Crippen molar-refractivity contribution in [3.05, 3.63) is 0 Å². The minimum absolute atomic E-state index is 0.383. The molecular formula is C16H34N2. The molecule has 0 amide bonds. The molecule has 1 aliphatic rings. The van der Waals surface area contributed by atoms with Gasteiger partial charge in [-0.3, -0.25) is 0 Å². The van der Waals surface area contributed by atoms with Crippen LogP contribution in [0.1, 0.15) is 54.4 Å². The Morgan fingerprint density at radius 1 is 1.17 bits per heavy atom. The van der Waals surface area contributed by atoms with E-state index in [0.29, 0.717) is 17.5 Å². The number of rotatable bonds is 4. The second-order valence-corrected chi connectivity index (χ2v) is 7.68. The van der Waals surface area contributed by atoms with Gasteiger partial charge in [0.1, 0.15) is 0 Å². The van der Waals surface area contributed by atoms with E-state index in [-0.39, 0.29) is 0 Å². The molecule has 0 spiro atoms. The van der Waals surface area contributed by atoms with Gasteiger partial charge >= 0.3 is 0 Å².